The van der Waals surface area contributed by atoms with Crippen LogP contribution in [0.4, 0.5) is 11.4 Å². The zero-order valence-corrected chi connectivity index (χ0v) is 38.7. The molecule has 1 aromatic heterocycles. The molecule has 1 N–H and O–H groups in total. The van der Waals surface area contributed by atoms with Crippen molar-refractivity contribution in [3.05, 3.63) is 236 Å². The van der Waals surface area contributed by atoms with E-state index in [1.165, 1.54) is 94.5 Å². The molecule has 0 radical (unpaired) electrons. The molecule has 316 valence electrons. The Balaban J connectivity index is 1.14. The van der Waals surface area contributed by atoms with Gasteiger partial charge in [-0.25, -0.2) is 0 Å². The molecule has 0 saturated carbocycles. The van der Waals surface area contributed by atoms with E-state index in [4.69, 9.17) is 0 Å². The number of nitrogens with zero attached hydrogens (tertiary/aromatic N) is 1. The molecule has 1 heterocycles. The zero-order chi connectivity index (χ0) is 44.2. The van der Waals surface area contributed by atoms with Crippen molar-refractivity contribution < 1.29 is 0 Å². The second kappa shape index (κ2) is 16.1. The Morgan fingerprint density at radius 2 is 0.985 bits per heavy atom. The molecule has 0 spiro atoms. The molecule has 0 saturated heterocycles. The SMILES string of the molecule is CC1(C)CCC(C)(C)c2cc([Si](c3ccccc3)(c3ccccc3)c3cccc(-n4c5ccccc5c5c(-c6ccc(-c7ccccc7)c(Nc7ccccc7)c6)cccc54)c3)ccc21. The molecule has 65 heavy (non-hydrogen) atoms. The summed E-state index contributed by atoms with van der Waals surface area (Å²) in [7, 11) is -2.90. The van der Waals surface area contributed by atoms with E-state index in [0.29, 0.717) is 0 Å². The Kier molecular flexibility index (Phi) is 10.0. The van der Waals surface area contributed by atoms with E-state index >= 15 is 0 Å². The van der Waals surface area contributed by atoms with Crippen molar-refractivity contribution in [1.29, 1.82) is 0 Å². The van der Waals surface area contributed by atoms with Crippen molar-refractivity contribution in [2.75, 3.05) is 5.32 Å². The number of aromatic nitrogens is 1. The van der Waals surface area contributed by atoms with Crippen molar-refractivity contribution in [1.82, 2.24) is 4.57 Å². The minimum absolute atomic E-state index is 0.0805. The van der Waals surface area contributed by atoms with Crippen molar-refractivity contribution >= 4 is 62.0 Å². The van der Waals surface area contributed by atoms with Crippen molar-refractivity contribution in [2.45, 2.75) is 51.4 Å². The van der Waals surface area contributed by atoms with Crippen LogP contribution in [0.3, 0.4) is 0 Å². The van der Waals surface area contributed by atoms with Crippen LogP contribution < -0.4 is 26.1 Å². The molecule has 0 aliphatic heterocycles. The molecular weight excluding hydrogens is 801 g/mol. The molecule has 0 bridgehead atoms. The minimum atomic E-state index is -2.90. The van der Waals surface area contributed by atoms with Crippen LogP contribution >= 0.6 is 0 Å². The maximum absolute atomic E-state index is 3.78. The predicted octanol–water partition coefficient (Wildman–Crippen LogP) is 13.6. The van der Waals surface area contributed by atoms with Gasteiger partial charge < -0.3 is 9.88 Å². The van der Waals surface area contributed by atoms with Gasteiger partial charge >= 0.3 is 0 Å². The van der Waals surface area contributed by atoms with E-state index in [-0.39, 0.29) is 10.8 Å². The topological polar surface area (TPSA) is 17.0 Å². The average Bonchev–Trinajstić information content (AvgIpc) is 3.69. The second-order valence-corrected chi connectivity index (χ2v) is 23.0. The van der Waals surface area contributed by atoms with Gasteiger partial charge in [0.25, 0.3) is 0 Å². The maximum atomic E-state index is 3.78. The standard InChI is InChI=1S/C62H54N2Si/c1-61(2)39-40-62(3,4)56-43-51(36-38-55(56)61)65(48-26-13-7-14-27-48,49-28-15-8-16-29-49)50-30-19-25-47(42-50)64-58-33-18-17-31-54(58)60-53(32-20-34-59(60)64)45-35-37-52(44-21-9-5-10-22-44)57(41-45)63-46-23-11-6-12-24-46/h5-38,41-43,63H,39-40H2,1-4H3. The first kappa shape index (κ1) is 40.6. The lowest BCUT2D eigenvalue weighted by molar-refractivity contribution is 0.332. The molecule has 0 atom stereocenters. The van der Waals surface area contributed by atoms with Gasteiger partial charge in [-0.15, -0.1) is 0 Å². The van der Waals surface area contributed by atoms with Gasteiger partial charge in [-0.2, -0.15) is 0 Å². The zero-order valence-electron chi connectivity index (χ0n) is 37.7. The maximum Gasteiger partial charge on any atom is 0.179 e. The Morgan fingerprint density at radius 1 is 0.415 bits per heavy atom. The number of anilines is 2. The molecule has 11 rings (SSSR count). The number of nitrogens with one attached hydrogen (secondary N) is 1. The van der Waals surface area contributed by atoms with Crippen LogP contribution in [0.2, 0.25) is 0 Å². The van der Waals surface area contributed by atoms with E-state index in [1.807, 2.05) is 0 Å². The van der Waals surface area contributed by atoms with Crippen LogP contribution in [0.25, 0.3) is 49.7 Å². The highest BCUT2D eigenvalue weighted by molar-refractivity contribution is 7.20. The highest BCUT2D eigenvalue weighted by Gasteiger charge is 2.44. The summed E-state index contributed by atoms with van der Waals surface area (Å²) in [6, 6.07) is 83.8. The average molecular weight is 855 g/mol. The summed E-state index contributed by atoms with van der Waals surface area (Å²) in [5, 5.41) is 11.8. The lowest BCUT2D eigenvalue weighted by Gasteiger charge is -2.43. The number of para-hydroxylation sites is 2. The highest BCUT2D eigenvalue weighted by atomic mass is 28.3. The van der Waals surface area contributed by atoms with Crippen molar-refractivity contribution in [2.24, 2.45) is 0 Å². The number of benzene rings is 9. The molecule has 1 aliphatic rings. The van der Waals surface area contributed by atoms with Crippen LogP contribution in [-0.4, -0.2) is 12.6 Å². The normalized spacial score (nSPS) is 14.3. The van der Waals surface area contributed by atoms with Crippen LogP contribution in [-0.2, 0) is 10.8 Å². The van der Waals surface area contributed by atoms with E-state index in [9.17, 15) is 0 Å². The fourth-order valence-electron chi connectivity index (χ4n) is 11.0. The second-order valence-electron chi connectivity index (χ2n) is 19.2. The monoisotopic (exact) mass is 854 g/mol. The lowest BCUT2D eigenvalue weighted by Crippen LogP contribution is -2.75. The van der Waals surface area contributed by atoms with Gasteiger partial charge in [0.2, 0.25) is 0 Å². The quantitative estimate of drug-likeness (QED) is 0.113. The number of hydrogen-bond donors (Lipinski definition) is 1. The predicted molar refractivity (Wildman–Crippen MR) is 280 cm³/mol. The van der Waals surface area contributed by atoms with E-state index in [1.54, 1.807) is 0 Å². The summed E-state index contributed by atoms with van der Waals surface area (Å²) in [4.78, 5) is 0. The summed E-state index contributed by atoms with van der Waals surface area (Å²) in [6.45, 7) is 9.77. The Labute approximate surface area is 384 Å². The first-order chi connectivity index (χ1) is 31.7. The van der Waals surface area contributed by atoms with E-state index in [2.05, 4.69) is 262 Å². The van der Waals surface area contributed by atoms with Gasteiger partial charge in [-0.05, 0) is 115 Å². The minimum Gasteiger partial charge on any atom is -0.355 e. The van der Waals surface area contributed by atoms with Gasteiger partial charge in [0.15, 0.2) is 8.07 Å². The smallest absolute Gasteiger partial charge is 0.179 e. The molecule has 2 nitrogen and oxygen atoms in total. The van der Waals surface area contributed by atoms with E-state index in [0.717, 1.165) is 11.4 Å². The third-order valence-corrected chi connectivity index (χ3v) is 19.2. The van der Waals surface area contributed by atoms with Gasteiger partial charge in [0.1, 0.15) is 0 Å². The van der Waals surface area contributed by atoms with Crippen LogP contribution in [0.5, 0.6) is 0 Å². The Morgan fingerprint density at radius 3 is 1.69 bits per heavy atom. The largest absolute Gasteiger partial charge is 0.355 e. The van der Waals surface area contributed by atoms with Gasteiger partial charge in [0.05, 0.1) is 11.0 Å². The van der Waals surface area contributed by atoms with Gasteiger partial charge in [-0.3, -0.25) is 0 Å². The third-order valence-electron chi connectivity index (χ3n) is 14.4. The highest BCUT2D eigenvalue weighted by Crippen LogP contribution is 2.46. The van der Waals surface area contributed by atoms with Gasteiger partial charge in [-0.1, -0.05) is 210 Å². The van der Waals surface area contributed by atoms with Crippen LogP contribution in [0.15, 0.2) is 224 Å². The Hall–Kier alpha value is -7.20. The Bertz CT molecular complexity index is 3290. The fraction of sp³-hybridized carbons (Fsp3) is 0.129. The summed E-state index contributed by atoms with van der Waals surface area (Å²) in [5.74, 6) is 0. The first-order valence-corrected chi connectivity index (χ1v) is 25.1. The molecule has 1 aliphatic carbocycles. The van der Waals surface area contributed by atoms with Crippen molar-refractivity contribution in [3.8, 4) is 27.9 Å². The lowest BCUT2D eigenvalue weighted by atomic mass is 9.63. The van der Waals surface area contributed by atoms with Gasteiger partial charge in [0, 0.05) is 33.4 Å². The fourth-order valence-corrected chi connectivity index (χ4v) is 15.8. The number of rotatable bonds is 9. The summed E-state index contributed by atoms with van der Waals surface area (Å²) in [6.07, 6.45) is 2.37. The summed E-state index contributed by atoms with van der Waals surface area (Å²) >= 11 is 0. The number of hydrogen-bond acceptors (Lipinski definition) is 1. The van der Waals surface area contributed by atoms with E-state index < -0.39 is 8.07 Å². The molecule has 0 fully saturated rings. The molecular formula is C62H54N2Si. The molecule has 10 aromatic rings. The van der Waals surface area contributed by atoms with Crippen LogP contribution in [0, 0.1) is 0 Å². The molecule has 9 aromatic carbocycles. The number of fused-ring (bicyclic) bond motifs is 4. The molecule has 0 amide bonds. The van der Waals surface area contributed by atoms with Crippen molar-refractivity contribution in [3.63, 3.8) is 0 Å². The third kappa shape index (κ3) is 6.94. The molecule has 0 unspecified atom stereocenters. The summed E-state index contributed by atoms with van der Waals surface area (Å²) < 4.78 is 2.51. The molecule has 3 heteroatoms. The van der Waals surface area contributed by atoms with Crippen LogP contribution in [0.1, 0.15) is 51.7 Å². The first-order valence-electron chi connectivity index (χ1n) is 23.1. The summed E-state index contributed by atoms with van der Waals surface area (Å²) in [5.41, 5.74) is 13.6.